The number of nitrogens with zero attached hydrogens (tertiary/aromatic N) is 2. The second kappa shape index (κ2) is 7.11. The molecule has 2 aromatic carbocycles. The van der Waals surface area contributed by atoms with Crippen LogP contribution in [0.4, 0.5) is 0 Å². The molecule has 0 amide bonds. The zero-order valence-corrected chi connectivity index (χ0v) is 14.3. The predicted octanol–water partition coefficient (Wildman–Crippen LogP) is 3.88. The average molecular weight is 365 g/mol. The maximum atomic E-state index is 9.44. The minimum atomic E-state index is 0.0750. The first-order chi connectivity index (χ1) is 11.3. The molecule has 0 bridgehead atoms. The standard InChI is InChI=1S/C19H14N2OSe/c1-22-17-9-7-15(8-10-17)18-13-23-19(21-18)16(12-20)11-14-5-3-2-4-6-14/h2-11,13H,1H3/b16-11+. The van der Waals surface area contributed by atoms with Crippen LogP contribution in [0.1, 0.15) is 10.1 Å². The zero-order valence-electron chi connectivity index (χ0n) is 12.6. The van der Waals surface area contributed by atoms with Gasteiger partial charge in [0.15, 0.2) is 0 Å². The first kappa shape index (κ1) is 15.3. The third-order valence-corrected chi connectivity index (χ3v) is 5.19. The molecule has 0 aliphatic heterocycles. The van der Waals surface area contributed by atoms with Crippen molar-refractivity contribution in [3.63, 3.8) is 0 Å². The number of hydrogen-bond acceptors (Lipinski definition) is 3. The van der Waals surface area contributed by atoms with Crippen LogP contribution in [-0.2, 0) is 0 Å². The fraction of sp³-hybridized carbons (Fsp3) is 0.0526. The summed E-state index contributed by atoms with van der Waals surface area (Å²) in [4.78, 5) is 6.77. The van der Waals surface area contributed by atoms with Gasteiger partial charge < -0.3 is 0 Å². The number of allylic oxidation sites excluding steroid dienone is 1. The Kier molecular flexibility index (Phi) is 4.73. The topological polar surface area (TPSA) is 45.9 Å². The molecule has 0 spiro atoms. The van der Waals surface area contributed by atoms with Crippen LogP contribution in [0.3, 0.4) is 0 Å². The van der Waals surface area contributed by atoms with E-state index in [-0.39, 0.29) is 14.5 Å². The van der Waals surface area contributed by atoms with Crippen LogP contribution in [-0.4, -0.2) is 26.6 Å². The van der Waals surface area contributed by atoms with Crippen molar-refractivity contribution in [2.75, 3.05) is 7.11 Å². The van der Waals surface area contributed by atoms with E-state index in [0.29, 0.717) is 5.57 Å². The van der Waals surface area contributed by atoms with Gasteiger partial charge in [0.2, 0.25) is 0 Å². The normalized spacial score (nSPS) is 11.0. The number of benzene rings is 2. The van der Waals surface area contributed by atoms with E-state index in [4.69, 9.17) is 4.74 Å². The van der Waals surface area contributed by atoms with E-state index in [9.17, 15) is 5.26 Å². The van der Waals surface area contributed by atoms with Gasteiger partial charge in [0, 0.05) is 0 Å². The Balaban J connectivity index is 1.91. The van der Waals surface area contributed by atoms with Crippen LogP contribution >= 0.6 is 0 Å². The summed E-state index contributed by atoms with van der Waals surface area (Å²) in [6, 6.07) is 19.9. The van der Waals surface area contributed by atoms with Crippen molar-refractivity contribution < 1.29 is 4.74 Å². The van der Waals surface area contributed by atoms with E-state index >= 15 is 0 Å². The van der Waals surface area contributed by atoms with Gasteiger partial charge in [-0.05, 0) is 0 Å². The summed E-state index contributed by atoms with van der Waals surface area (Å²) in [5, 5.41) is 9.44. The second-order valence-corrected chi connectivity index (χ2v) is 6.65. The van der Waals surface area contributed by atoms with Crippen LogP contribution in [0.5, 0.6) is 5.75 Å². The first-order valence-corrected chi connectivity index (χ1v) is 8.92. The molecule has 0 atom stereocenters. The molecule has 4 heteroatoms. The molecule has 0 aliphatic rings. The molecule has 0 saturated heterocycles. The van der Waals surface area contributed by atoms with E-state index in [0.717, 1.165) is 27.1 Å². The Bertz CT molecular complexity index is 858. The molecule has 23 heavy (non-hydrogen) atoms. The molecule has 1 heterocycles. The molecule has 3 aromatic rings. The number of ether oxygens (including phenoxy) is 1. The van der Waals surface area contributed by atoms with Crippen molar-refractivity contribution >= 4 is 26.2 Å². The van der Waals surface area contributed by atoms with Gasteiger partial charge in [-0.25, -0.2) is 0 Å². The van der Waals surface area contributed by atoms with Crippen molar-refractivity contribution in [1.29, 1.82) is 5.26 Å². The number of hydrogen-bond donors (Lipinski definition) is 0. The fourth-order valence-electron chi connectivity index (χ4n) is 2.15. The quantitative estimate of drug-likeness (QED) is 0.521. The van der Waals surface area contributed by atoms with Crippen LogP contribution in [0.2, 0.25) is 0 Å². The first-order valence-electron chi connectivity index (χ1n) is 7.07. The summed E-state index contributed by atoms with van der Waals surface area (Å²) in [7, 11) is 1.65. The molecule has 0 radical (unpaired) electrons. The Labute approximate surface area is 141 Å². The van der Waals surface area contributed by atoms with Crippen LogP contribution in [0.25, 0.3) is 22.9 Å². The number of aromatic nitrogens is 1. The third-order valence-electron chi connectivity index (χ3n) is 3.35. The van der Waals surface area contributed by atoms with Crippen LogP contribution < -0.4 is 4.74 Å². The van der Waals surface area contributed by atoms with Crippen molar-refractivity contribution in [1.82, 2.24) is 4.98 Å². The summed E-state index contributed by atoms with van der Waals surface area (Å²) in [6.07, 6.45) is 1.89. The molecule has 3 rings (SSSR count). The van der Waals surface area contributed by atoms with Gasteiger partial charge in [0.05, 0.1) is 0 Å². The van der Waals surface area contributed by atoms with Gasteiger partial charge in [-0.1, -0.05) is 0 Å². The number of methoxy groups -OCH3 is 1. The third kappa shape index (κ3) is 3.60. The van der Waals surface area contributed by atoms with E-state index in [2.05, 4.69) is 16.0 Å². The molecule has 112 valence electrons. The summed E-state index contributed by atoms with van der Waals surface area (Å²) in [5.41, 5.74) is 3.62. The Morgan fingerprint density at radius 2 is 1.87 bits per heavy atom. The molecule has 0 unspecified atom stereocenters. The molecule has 0 aliphatic carbocycles. The second-order valence-electron chi connectivity index (χ2n) is 4.85. The zero-order chi connectivity index (χ0) is 16.1. The Morgan fingerprint density at radius 3 is 2.52 bits per heavy atom. The Morgan fingerprint density at radius 1 is 1.13 bits per heavy atom. The summed E-state index contributed by atoms with van der Waals surface area (Å²) < 4.78 is 6.04. The van der Waals surface area contributed by atoms with Crippen LogP contribution in [0, 0.1) is 11.3 Å². The minimum absolute atomic E-state index is 0.0750. The average Bonchev–Trinajstić information content (AvgIpc) is 3.10. The van der Waals surface area contributed by atoms with E-state index in [1.54, 1.807) is 7.11 Å². The van der Waals surface area contributed by atoms with Crippen molar-refractivity contribution in [3.05, 3.63) is 69.7 Å². The summed E-state index contributed by atoms with van der Waals surface area (Å²) in [5.74, 6) is 0.823. The van der Waals surface area contributed by atoms with Crippen molar-refractivity contribution in [2.45, 2.75) is 0 Å². The van der Waals surface area contributed by atoms with E-state index in [1.165, 1.54) is 0 Å². The van der Waals surface area contributed by atoms with Crippen LogP contribution in [0.15, 0.2) is 59.5 Å². The summed E-state index contributed by atoms with van der Waals surface area (Å²) in [6.45, 7) is 0. The van der Waals surface area contributed by atoms with Gasteiger partial charge in [-0.2, -0.15) is 0 Å². The fourth-order valence-corrected chi connectivity index (χ4v) is 3.82. The van der Waals surface area contributed by atoms with Gasteiger partial charge in [0.1, 0.15) is 0 Å². The van der Waals surface area contributed by atoms with Crippen molar-refractivity contribution in [3.8, 4) is 23.1 Å². The van der Waals surface area contributed by atoms with E-state index < -0.39 is 0 Å². The number of nitriles is 1. The van der Waals surface area contributed by atoms with Gasteiger partial charge in [-0.15, -0.1) is 0 Å². The molecule has 0 fully saturated rings. The monoisotopic (exact) mass is 366 g/mol. The molecule has 0 N–H and O–H groups in total. The SMILES string of the molecule is COc1ccc(-c2c[se]c(/C(C#N)=C/c3ccccc3)n2)cc1. The molecule has 3 nitrogen and oxygen atoms in total. The van der Waals surface area contributed by atoms with Gasteiger partial charge in [-0.3, -0.25) is 0 Å². The van der Waals surface area contributed by atoms with Crippen molar-refractivity contribution in [2.24, 2.45) is 0 Å². The molecule has 0 saturated carbocycles. The Hall–Kier alpha value is -2.60. The number of rotatable bonds is 4. The van der Waals surface area contributed by atoms with E-state index in [1.807, 2.05) is 60.7 Å². The predicted molar refractivity (Wildman–Crippen MR) is 93.1 cm³/mol. The molecular formula is C19H14N2OSe. The summed E-state index contributed by atoms with van der Waals surface area (Å²) >= 11 is 0.0750. The molecule has 1 aromatic heterocycles. The van der Waals surface area contributed by atoms with Gasteiger partial charge >= 0.3 is 141 Å². The van der Waals surface area contributed by atoms with Gasteiger partial charge in [0.25, 0.3) is 0 Å². The molecular weight excluding hydrogens is 351 g/mol. The maximum absolute atomic E-state index is 9.44.